The predicted molar refractivity (Wildman–Crippen MR) is 110 cm³/mol. The zero-order valence-corrected chi connectivity index (χ0v) is 16.9. The maximum absolute atomic E-state index is 9.11. The number of piperidine rings is 1. The summed E-state index contributed by atoms with van der Waals surface area (Å²) in [6, 6.07) is 6.47. The second kappa shape index (κ2) is 11.5. The Morgan fingerprint density at radius 3 is 2.75 bits per heavy atom. The number of nitrogens with one attached hydrogen (secondary N) is 2. The largest absolute Gasteiger partial charge is 0.396 e. The van der Waals surface area contributed by atoms with Crippen LogP contribution in [-0.2, 0) is 0 Å². The number of nitrogens with zero attached hydrogens (tertiary/aromatic N) is 3. The van der Waals surface area contributed by atoms with Crippen LogP contribution >= 0.6 is 24.0 Å². The van der Waals surface area contributed by atoms with Gasteiger partial charge in [-0.25, -0.2) is 4.98 Å². The van der Waals surface area contributed by atoms with Crippen molar-refractivity contribution in [1.82, 2.24) is 15.6 Å². The lowest BCUT2D eigenvalue weighted by Crippen LogP contribution is -2.49. The van der Waals surface area contributed by atoms with Crippen LogP contribution in [-0.4, -0.2) is 54.9 Å². The monoisotopic (exact) mass is 447 g/mol. The predicted octanol–water partition coefficient (Wildman–Crippen LogP) is 1.85. The minimum atomic E-state index is 0. The molecule has 6 nitrogen and oxygen atoms in total. The molecule has 1 unspecified atom stereocenters. The molecule has 0 saturated carbocycles. The van der Waals surface area contributed by atoms with Crippen molar-refractivity contribution in [1.29, 1.82) is 0 Å². The van der Waals surface area contributed by atoms with Crippen molar-refractivity contribution in [3.05, 3.63) is 24.4 Å². The Balaban J connectivity index is 0.00000288. The first-order valence-corrected chi connectivity index (χ1v) is 8.54. The number of aliphatic hydroxyl groups is 1. The Labute approximate surface area is 162 Å². The van der Waals surface area contributed by atoms with E-state index < -0.39 is 0 Å². The van der Waals surface area contributed by atoms with Gasteiger partial charge in [0.15, 0.2) is 5.96 Å². The van der Waals surface area contributed by atoms with Crippen LogP contribution in [0, 0.1) is 5.92 Å². The molecular weight excluding hydrogens is 417 g/mol. The van der Waals surface area contributed by atoms with E-state index in [0.29, 0.717) is 12.6 Å². The standard InChI is InChI=1S/C17H29N5O.HI/c1-3-18-17(20-12-14(2)13-23)21-15-7-10-22(11-8-15)16-6-4-5-9-19-16;/h4-6,9,14-15,23H,3,7-8,10-13H2,1-2H3,(H2,18,20,21);1H. The number of anilines is 1. The minimum Gasteiger partial charge on any atom is -0.396 e. The maximum Gasteiger partial charge on any atom is 0.191 e. The fourth-order valence-electron chi connectivity index (χ4n) is 2.61. The van der Waals surface area contributed by atoms with Gasteiger partial charge < -0.3 is 20.6 Å². The molecule has 1 aromatic heterocycles. The number of aromatic nitrogens is 1. The van der Waals surface area contributed by atoms with Gasteiger partial charge in [-0.1, -0.05) is 13.0 Å². The number of rotatable bonds is 6. The third-order valence-corrected chi connectivity index (χ3v) is 4.03. The Morgan fingerprint density at radius 1 is 1.42 bits per heavy atom. The number of aliphatic imine (C=N–C) groups is 1. The zero-order chi connectivity index (χ0) is 16.5. The van der Waals surface area contributed by atoms with E-state index in [1.807, 2.05) is 25.3 Å². The highest BCUT2D eigenvalue weighted by atomic mass is 127. The van der Waals surface area contributed by atoms with Crippen LogP contribution in [0.3, 0.4) is 0 Å². The Bertz CT molecular complexity index is 477. The van der Waals surface area contributed by atoms with Gasteiger partial charge in [-0.2, -0.15) is 0 Å². The van der Waals surface area contributed by atoms with Crippen LogP contribution in [0.1, 0.15) is 26.7 Å². The summed E-state index contributed by atoms with van der Waals surface area (Å²) in [5.41, 5.74) is 0. The van der Waals surface area contributed by atoms with E-state index in [1.54, 1.807) is 0 Å². The molecule has 136 valence electrons. The van der Waals surface area contributed by atoms with Crippen molar-refractivity contribution in [3.8, 4) is 0 Å². The van der Waals surface area contributed by atoms with Crippen molar-refractivity contribution < 1.29 is 5.11 Å². The van der Waals surface area contributed by atoms with Crippen molar-refractivity contribution >= 4 is 35.8 Å². The van der Waals surface area contributed by atoms with Gasteiger partial charge >= 0.3 is 0 Å². The molecule has 2 heterocycles. The van der Waals surface area contributed by atoms with Gasteiger partial charge in [0.25, 0.3) is 0 Å². The average Bonchev–Trinajstić information content (AvgIpc) is 2.61. The molecule has 24 heavy (non-hydrogen) atoms. The lowest BCUT2D eigenvalue weighted by atomic mass is 10.1. The summed E-state index contributed by atoms with van der Waals surface area (Å²) in [6.07, 6.45) is 3.98. The van der Waals surface area contributed by atoms with Crippen LogP contribution < -0.4 is 15.5 Å². The molecule has 1 aromatic rings. The van der Waals surface area contributed by atoms with Crippen LogP contribution in [0.15, 0.2) is 29.4 Å². The van der Waals surface area contributed by atoms with Crippen molar-refractivity contribution in [2.75, 3.05) is 37.7 Å². The van der Waals surface area contributed by atoms with Gasteiger partial charge in [-0.05, 0) is 37.8 Å². The second-order valence-electron chi connectivity index (χ2n) is 6.10. The van der Waals surface area contributed by atoms with E-state index in [9.17, 15) is 0 Å². The highest BCUT2D eigenvalue weighted by Gasteiger charge is 2.20. The normalized spacial score (nSPS) is 17.1. The van der Waals surface area contributed by atoms with Crippen LogP contribution in [0.2, 0.25) is 0 Å². The number of halogens is 1. The maximum atomic E-state index is 9.11. The smallest absolute Gasteiger partial charge is 0.191 e. The number of guanidine groups is 1. The number of hydrogen-bond donors (Lipinski definition) is 3. The lowest BCUT2D eigenvalue weighted by molar-refractivity contribution is 0.241. The van der Waals surface area contributed by atoms with E-state index in [2.05, 4.69) is 38.5 Å². The summed E-state index contributed by atoms with van der Waals surface area (Å²) in [5, 5.41) is 15.9. The van der Waals surface area contributed by atoms with E-state index in [4.69, 9.17) is 5.11 Å². The highest BCUT2D eigenvalue weighted by Crippen LogP contribution is 2.17. The van der Waals surface area contributed by atoms with E-state index in [0.717, 1.165) is 44.3 Å². The molecular formula is C17H30IN5O. The van der Waals surface area contributed by atoms with E-state index in [1.165, 1.54) is 0 Å². The molecule has 7 heteroatoms. The quantitative estimate of drug-likeness (QED) is 0.353. The van der Waals surface area contributed by atoms with Gasteiger partial charge in [0.2, 0.25) is 0 Å². The third kappa shape index (κ3) is 6.80. The molecule has 0 amide bonds. The molecule has 1 saturated heterocycles. The fourth-order valence-corrected chi connectivity index (χ4v) is 2.61. The number of hydrogen-bond acceptors (Lipinski definition) is 4. The molecule has 1 atom stereocenters. The van der Waals surface area contributed by atoms with Gasteiger partial charge in [-0.3, -0.25) is 4.99 Å². The molecule has 0 radical (unpaired) electrons. The molecule has 2 rings (SSSR count). The molecule has 0 spiro atoms. The van der Waals surface area contributed by atoms with Gasteiger partial charge in [0.1, 0.15) is 5.82 Å². The lowest BCUT2D eigenvalue weighted by Gasteiger charge is -2.33. The van der Waals surface area contributed by atoms with Crippen LogP contribution in [0.5, 0.6) is 0 Å². The molecule has 1 fully saturated rings. The summed E-state index contributed by atoms with van der Waals surface area (Å²) in [6.45, 7) is 7.72. The van der Waals surface area contributed by atoms with E-state index >= 15 is 0 Å². The molecule has 1 aliphatic heterocycles. The average molecular weight is 447 g/mol. The summed E-state index contributed by atoms with van der Waals surface area (Å²) in [4.78, 5) is 11.3. The van der Waals surface area contributed by atoms with Gasteiger partial charge in [0, 0.05) is 45.0 Å². The number of pyridine rings is 1. The Hall–Kier alpha value is -1.09. The molecule has 3 N–H and O–H groups in total. The third-order valence-electron chi connectivity index (χ3n) is 4.03. The first-order valence-electron chi connectivity index (χ1n) is 8.54. The van der Waals surface area contributed by atoms with Crippen LogP contribution in [0.4, 0.5) is 5.82 Å². The minimum absolute atomic E-state index is 0. The van der Waals surface area contributed by atoms with Crippen LogP contribution in [0.25, 0.3) is 0 Å². The first kappa shape index (κ1) is 21.0. The Kier molecular flexibility index (Phi) is 10.0. The molecule has 1 aliphatic rings. The first-order chi connectivity index (χ1) is 11.2. The van der Waals surface area contributed by atoms with E-state index in [-0.39, 0.29) is 36.5 Å². The number of aliphatic hydroxyl groups excluding tert-OH is 1. The zero-order valence-electron chi connectivity index (χ0n) is 14.6. The van der Waals surface area contributed by atoms with Crippen molar-refractivity contribution in [2.45, 2.75) is 32.7 Å². The summed E-state index contributed by atoms with van der Waals surface area (Å²) >= 11 is 0. The SMILES string of the molecule is CCNC(=NCC(C)CO)NC1CCN(c2ccccn2)CC1.I. The summed E-state index contributed by atoms with van der Waals surface area (Å²) < 4.78 is 0. The van der Waals surface area contributed by atoms with Gasteiger partial charge in [0.05, 0.1) is 0 Å². The molecule has 0 aromatic carbocycles. The van der Waals surface area contributed by atoms with Crippen molar-refractivity contribution in [2.24, 2.45) is 10.9 Å². The molecule has 0 bridgehead atoms. The van der Waals surface area contributed by atoms with Gasteiger partial charge in [-0.15, -0.1) is 24.0 Å². The van der Waals surface area contributed by atoms with Crippen molar-refractivity contribution in [3.63, 3.8) is 0 Å². The molecule has 0 aliphatic carbocycles. The summed E-state index contributed by atoms with van der Waals surface area (Å²) in [5.74, 6) is 2.10. The summed E-state index contributed by atoms with van der Waals surface area (Å²) in [7, 11) is 0. The fraction of sp³-hybridized carbons (Fsp3) is 0.647. The second-order valence-corrected chi connectivity index (χ2v) is 6.10. The topological polar surface area (TPSA) is 72.8 Å². The highest BCUT2D eigenvalue weighted by molar-refractivity contribution is 14.0. The Morgan fingerprint density at radius 2 is 2.17 bits per heavy atom.